The SMILES string of the molecule is Cc1ccc(C(O)Cc2c(Cl)c(C)nn2C)o1. The molecule has 2 heterocycles. The summed E-state index contributed by atoms with van der Waals surface area (Å²) in [5.74, 6) is 1.34. The molecule has 5 heteroatoms. The highest BCUT2D eigenvalue weighted by molar-refractivity contribution is 6.31. The van der Waals surface area contributed by atoms with Gasteiger partial charge in [0.2, 0.25) is 0 Å². The summed E-state index contributed by atoms with van der Waals surface area (Å²) in [7, 11) is 1.81. The van der Waals surface area contributed by atoms with Gasteiger partial charge >= 0.3 is 0 Å². The number of hydrogen-bond acceptors (Lipinski definition) is 3. The van der Waals surface area contributed by atoms with Crippen molar-refractivity contribution in [2.45, 2.75) is 26.4 Å². The third-order valence-electron chi connectivity index (χ3n) is 2.74. The number of aliphatic hydroxyl groups is 1. The van der Waals surface area contributed by atoms with Crippen molar-refractivity contribution in [3.05, 3.63) is 40.1 Å². The van der Waals surface area contributed by atoms with Crippen LogP contribution >= 0.6 is 11.6 Å². The molecule has 2 rings (SSSR count). The Bertz CT molecular complexity index is 531. The van der Waals surface area contributed by atoms with E-state index in [0.29, 0.717) is 17.2 Å². The Hall–Kier alpha value is -1.26. The minimum Gasteiger partial charge on any atom is -0.464 e. The minimum absolute atomic E-state index is 0.392. The van der Waals surface area contributed by atoms with E-state index in [1.54, 1.807) is 10.7 Å². The van der Waals surface area contributed by atoms with Gasteiger partial charge in [0.15, 0.2) is 0 Å². The number of hydrogen-bond donors (Lipinski definition) is 1. The maximum Gasteiger partial charge on any atom is 0.133 e. The van der Waals surface area contributed by atoms with E-state index in [4.69, 9.17) is 16.0 Å². The zero-order valence-electron chi connectivity index (χ0n) is 10.1. The van der Waals surface area contributed by atoms with Gasteiger partial charge in [-0.25, -0.2) is 0 Å². The molecule has 1 atom stereocenters. The van der Waals surface area contributed by atoms with Crippen molar-refractivity contribution in [1.82, 2.24) is 9.78 Å². The van der Waals surface area contributed by atoms with Crippen molar-refractivity contribution in [3.63, 3.8) is 0 Å². The van der Waals surface area contributed by atoms with Gasteiger partial charge < -0.3 is 9.52 Å². The smallest absolute Gasteiger partial charge is 0.133 e. The van der Waals surface area contributed by atoms with Crippen molar-refractivity contribution in [2.75, 3.05) is 0 Å². The summed E-state index contributed by atoms with van der Waals surface area (Å²) >= 11 is 6.13. The topological polar surface area (TPSA) is 51.2 Å². The van der Waals surface area contributed by atoms with Gasteiger partial charge in [-0.2, -0.15) is 5.10 Å². The molecule has 0 bridgehead atoms. The lowest BCUT2D eigenvalue weighted by atomic mass is 10.1. The van der Waals surface area contributed by atoms with Crippen LogP contribution in [-0.4, -0.2) is 14.9 Å². The molecule has 1 unspecified atom stereocenters. The summed E-state index contributed by atoms with van der Waals surface area (Å²) < 4.78 is 7.07. The second-order valence-corrected chi connectivity index (χ2v) is 4.52. The molecule has 2 aromatic rings. The van der Waals surface area contributed by atoms with Crippen LogP contribution in [-0.2, 0) is 13.5 Å². The van der Waals surface area contributed by atoms with Gasteiger partial charge in [-0.1, -0.05) is 11.6 Å². The molecule has 92 valence electrons. The van der Waals surface area contributed by atoms with Gasteiger partial charge in [-0.05, 0) is 26.0 Å². The first-order chi connectivity index (χ1) is 7.99. The molecule has 0 aliphatic rings. The predicted octanol–water partition coefficient (Wildman–Crippen LogP) is 2.56. The number of aromatic nitrogens is 2. The van der Waals surface area contributed by atoms with Gasteiger partial charge in [-0.15, -0.1) is 0 Å². The van der Waals surface area contributed by atoms with Crippen molar-refractivity contribution in [1.29, 1.82) is 0 Å². The van der Waals surface area contributed by atoms with Crippen LogP contribution in [0.4, 0.5) is 0 Å². The maximum absolute atomic E-state index is 10.1. The summed E-state index contributed by atoms with van der Waals surface area (Å²) in [6, 6.07) is 3.60. The van der Waals surface area contributed by atoms with Gasteiger partial charge in [0.05, 0.1) is 16.4 Å². The van der Waals surface area contributed by atoms with E-state index in [0.717, 1.165) is 17.1 Å². The van der Waals surface area contributed by atoms with Gasteiger partial charge in [-0.3, -0.25) is 4.68 Å². The van der Waals surface area contributed by atoms with Crippen molar-refractivity contribution < 1.29 is 9.52 Å². The molecule has 0 amide bonds. The maximum atomic E-state index is 10.1. The number of rotatable bonds is 3. The zero-order valence-corrected chi connectivity index (χ0v) is 10.8. The fraction of sp³-hybridized carbons (Fsp3) is 0.417. The average Bonchev–Trinajstić information content (AvgIpc) is 2.79. The fourth-order valence-corrected chi connectivity index (χ4v) is 2.06. The Morgan fingerprint density at radius 3 is 2.65 bits per heavy atom. The number of halogens is 1. The van der Waals surface area contributed by atoms with Crippen LogP contribution in [0.25, 0.3) is 0 Å². The van der Waals surface area contributed by atoms with Crippen LogP contribution in [0.15, 0.2) is 16.5 Å². The third kappa shape index (κ3) is 2.37. The Morgan fingerprint density at radius 1 is 1.47 bits per heavy atom. The summed E-state index contributed by atoms with van der Waals surface area (Å²) in [6.07, 6.45) is -0.306. The van der Waals surface area contributed by atoms with Crippen LogP contribution in [0, 0.1) is 13.8 Å². The van der Waals surface area contributed by atoms with Crippen LogP contribution in [0.1, 0.15) is 29.0 Å². The third-order valence-corrected chi connectivity index (χ3v) is 3.23. The molecule has 0 radical (unpaired) electrons. The van der Waals surface area contributed by atoms with E-state index in [-0.39, 0.29) is 0 Å². The molecular formula is C12H15ClN2O2. The summed E-state index contributed by atoms with van der Waals surface area (Å²) in [6.45, 7) is 3.69. The largest absolute Gasteiger partial charge is 0.464 e. The molecule has 4 nitrogen and oxygen atoms in total. The summed E-state index contributed by atoms with van der Waals surface area (Å²) in [5.41, 5.74) is 1.58. The highest BCUT2D eigenvalue weighted by atomic mass is 35.5. The number of aliphatic hydroxyl groups excluding tert-OH is 1. The molecule has 0 spiro atoms. The molecule has 1 N–H and O–H groups in total. The lowest BCUT2D eigenvalue weighted by molar-refractivity contribution is 0.146. The number of aryl methyl sites for hydroxylation is 3. The van der Waals surface area contributed by atoms with Gasteiger partial charge in [0.1, 0.15) is 17.6 Å². The molecule has 0 fully saturated rings. The Kier molecular flexibility index (Phi) is 3.26. The van der Waals surface area contributed by atoms with Crippen molar-refractivity contribution in [3.8, 4) is 0 Å². The van der Waals surface area contributed by atoms with Gasteiger partial charge in [0, 0.05) is 13.5 Å². The fourth-order valence-electron chi connectivity index (χ4n) is 1.82. The monoisotopic (exact) mass is 254 g/mol. The number of furan rings is 1. The van der Waals surface area contributed by atoms with Crippen molar-refractivity contribution in [2.24, 2.45) is 7.05 Å². The first kappa shape index (κ1) is 12.2. The molecule has 0 aromatic carbocycles. The average molecular weight is 255 g/mol. The van der Waals surface area contributed by atoms with Crippen LogP contribution < -0.4 is 0 Å². The van der Waals surface area contributed by atoms with E-state index in [9.17, 15) is 5.11 Å². The van der Waals surface area contributed by atoms with Crippen molar-refractivity contribution >= 4 is 11.6 Å². The van der Waals surface area contributed by atoms with E-state index in [1.807, 2.05) is 27.0 Å². The first-order valence-corrected chi connectivity index (χ1v) is 5.79. The molecule has 0 aliphatic carbocycles. The Labute approximate surface area is 105 Å². The highest BCUT2D eigenvalue weighted by Crippen LogP contribution is 2.26. The van der Waals surface area contributed by atoms with Crippen LogP contribution in [0.3, 0.4) is 0 Å². The second kappa shape index (κ2) is 4.55. The van der Waals surface area contributed by atoms with E-state index in [1.165, 1.54) is 0 Å². The molecule has 2 aromatic heterocycles. The van der Waals surface area contributed by atoms with E-state index >= 15 is 0 Å². The number of nitrogens with zero attached hydrogens (tertiary/aromatic N) is 2. The van der Waals surface area contributed by atoms with E-state index < -0.39 is 6.10 Å². The summed E-state index contributed by atoms with van der Waals surface area (Å²) in [5, 5.41) is 14.9. The highest BCUT2D eigenvalue weighted by Gasteiger charge is 2.18. The molecule has 17 heavy (non-hydrogen) atoms. The second-order valence-electron chi connectivity index (χ2n) is 4.14. The first-order valence-electron chi connectivity index (χ1n) is 5.41. The minimum atomic E-state index is -0.698. The Morgan fingerprint density at radius 2 is 2.18 bits per heavy atom. The quantitative estimate of drug-likeness (QED) is 0.916. The van der Waals surface area contributed by atoms with Crippen LogP contribution in [0.5, 0.6) is 0 Å². The zero-order chi connectivity index (χ0) is 12.6. The van der Waals surface area contributed by atoms with Gasteiger partial charge in [0.25, 0.3) is 0 Å². The standard InChI is InChI=1S/C12H15ClN2O2/c1-7-4-5-11(17-7)10(16)6-9-12(13)8(2)14-15(9)3/h4-5,10,16H,6H2,1-3H3. The lowest BCUT2D eigenvalue weighted by Gasteiger charge is -2.08. The molecular weight excluding hydrogens is 240 g/mol. The molecule has 0 saturated heterocycles. The van der Waals surface area contributed by atoms with E-state index in [2.05, 4.69) is 5.10 Å². The summed E-state index contributed by atoms with van der Waals surface area (Å²) in [4.78, 5) is 0. The van der Waals surface area contributed by atoms with Crippen LogP contribution in [0.2, 0.25) is 5.02 Å². The lowest BCUT2D eigenvalue weighted by Crippen LogP contribution is -2.06. The molecule has 0 aliphatic heterocycles. The normalized spacial score (nSPS) is 13.0. The molecule has 0 saturated carbocycles. The predicted molar refractivity (Wildman–Crippen MR) is 65.1 cm³/mol. The Balaban J connectivity index is 2.21.